The van der Waals surface area contributed by atoms with Gasteiger partial charge in [-0.3, -0.25) is 14.5 Å². The van der Waals surface area contributed by atoms with E-state index in [4.69, 9.17) is 9.47 Å². The van der Waals surface area contributed by atoms with Gasteiger partial charge in [0.15, 0.2) is 21.6 Å². The summed E-state index contributed by atoms with van der Waals surface area (Å²) >= 11 is 4.00. The van der Waals surface area contributed by atoms with Crippen LogP contribution in [0.2, 0.25) is 0 Å². The van der Waals surface area contributed by atoms with Crippen molar-refractivity contribution in [1.29, 1.82) is 0 Å². The van der Waals surface area contributed by atoms with Gasteiger partial charge in [0.2, 0.25) is 10.9 Å². The normalized spacial score (nSPS) is 15.0. The number of rotatable bonds is 13. The number of carbonyl (C=O) groups is 2. The Morgan fingerprint density at radius 3 is 2.61 bits per heavy atom. The van der Waals surface area contributed by atoms with Crippen molar-refractivity contribution in [2.45, 2.75) is 42.8 Å². The minimum absolute atomic E-state index is 0.00626. The summed E-state index contributed by atoms with van der Waals surface area (Å²) in [4.78, 5) is 29.0. The van der Waals surface area contributed by atoms with Crippen LogP contribution < -0.4 is 14.4 Å². The Hall–Kier alpha value is -3.67. The third-order valence-corrected chi connectivity index (χ3v) is 9.34. The summed E-state index contributed by atoms with van der Waals surface area (Å²) in [6.45, 7) is 4.91. The molecule has 11 heteroatoms. The van der Waals surface area contributed by atoms with Crippen molar-refractivity contribution < 1.29 is 24.2 Å². The van der Waals surface area contributed by atoms with Gasteiger partial charge in [0.25, 0.3) is 5.91 Å². The Kier molecular flexibility index (Phi) is 9.38. The number of hydrogen-bond donors (Lipinski definition) is 1. The summed E-state index contributed by atoms with van der Waals surface area (Å²) in [7, 11) is 0. The lowest BCUT2D eigenvalue weighted by molar-refractivity contribution is -0.117. The maximum Gasteiger partial charge on any atom is 0.296 e. The van der Waals surface area contributed by atoms with Crippen LogP contribution in [0.25, 0.3) is 0 Å². The largest absolute Gasteiger partial charge is 0.503 e. The Labute approximate surface area is 250 Å². The molecular weight excluding hydrogens is 579 g/mol. The van der Waals surface area contributed by atoms with Gasteiger partial charge in [-0.1, -0.05) is 78.9 Å². The molecule has 4 aromatic rings. The molecule has 1 aliphatic rings. The highest BCUT2D eigenvalue weighted by atomic mass is 32.2. The number of thiophene rings is 1. The smallest absolute Gasteiger partial charge is 0.296 e. The van der Waals surface area contributed by atoms with Crippen molar-refractivity contribution >= 4 is 51.3 Å². The fourth-order valence-electron chi connectivity index (χ4n) is 4.38. The molecule has 1 aliphatic heterocycles. The molecule has 0 bridgehead atoms. The Morgan fingerprint density at radius 2 is 1.88 bits per heavy atom. The monoisotopic (exact) mass is 607 g/mol. The number of carbonyl (C=O) groups excluding carboxylic acids is 2. The first-order valence-corrected chi connectivity index (χ1v) is 15.9. The van der Waals surface area contributed by atoms with E-state index >= 15 is 0 Å². The van der Waals surface area contributed by atoms with Gasteiger partial charge in [-0.15, -0.1) is 21.5 Å². The molecule has 0 radical (unpaired) electrons. The van der Waals surface area contributed by atoms with E-state index in [1.165, 1.54) is 39.3 Å². The van der Waals surface area contributed by atoms with Crippen LogP contribution in [-0.2, 0) is 10.5 Å². The SMILES string of the molecule is CCCCOc1ccc(C2C(C(=O)c3cccs3)=C(O)C(=O)N2c2nnc(SCc3ccccc3)s2)cc1OCC. The fraction of sp³-hybridized carbons (Fsp3) is 0.267. The third-order valence-electron chi connectivity index (χ3n) is 6.34. The van der Waals surface area contributed by atoms with Gasteiger partial charge in [-0.2, -0.15) is 0 Å². The lowest BCUT2D eigenvalue weighted by Crippen LogP contribution is -2.31. The van der Waals surface area contributed by atoms with Crippen molar-refractivity contribution in [2.75, 3.05) is 18.1 Å². The fourth-order valence-corrected chi connectivity index (χ4v) is 6.88. The first kappa shape index (κ1) is 28.8. The predicted octanol–water partition coefficient (Wildman–Crippen LogP) is 7.25. The standard InChI is InChI=1S/C30H29N3O5S3/c1-3-5-15-38-21-14-13-20(17-22(21)37-4-2)25-24(26(34)23-12-9-16-39-23)27(35)28(36)33(25)29-31-32-30(41-29)40-18-19-10-7-6-8-11-19/h6-14,16-17,25,35H,3-5,15,18H2,1-2H3. The number of unbranched alkanes of at least 4 members (excludes halogenated alkanes) is 1. The third kappa shape index (κ3) is 6.32. The van der Waals surface area contributed by atoms with Crippen molar-refractivity contribution in [3.8, 4) is 11.5 Å². The molecule has 0 saturated heterocycles. The number of ketones is 1. The topological polar surface area (TPSA) is 102 Å². The van der Waals surface area contributed by atoms with Crippen molar-refractivity contribution in [1.82, 2.24) is 10.2 Å². The molecule has 0 aliphatic carbocycles. The number of hydrogen-bond acceptors (Lipinski definition) is 10. The molecule has 1 unspecified atom stereocenters. The molecule has 1 amide bonds. The molecule has 41 heavy (non-hydrogen) atoms. The number of ether oxygens (including phenoxy) is 2. The maximum atomic E-state index is 13.7. The number of aliphatic hydroxyl groups is 1. The van der Waals surface area contributed by atoms with E-state index in [-0.39, 0.29) is 10.7 Å². The first-order chi connectivity index (χ1) is 20.0. The first-order valence-electron chi connectivity index (χ1n) is 13.3. The van der Waals surface area contributed by atoms with Gasteiger partial charge in [0.05, 0.1) is 29.7 Å². The van der Waals surface area contributed by atoms with Crippen molar-refractivity contribution in [3.05, 3.63) is 93.4 Å². The number of aliphatic hydroxyl groups excluding tert-OH is 1. The summed E-state index contributed by atoms with van der Waals surface area (Å²) in [5.74, 6) is 0.0577. The summed E-state index contributed by atoms with van der Waals surface area (Å²) in [5.41, 5.74) is 1.72. The summed E-state index contributed by atoms with van der Waals surface area (Å²) < 4.78 is 12.5. The zero-order valence-corrected chi connectivity index (χ0v) is 25.1. The maximum absolute atomic E-state index is 13.7. The molecule has 2 aromatic carbocycles. The lowest BCUT2D eigenvalue weighted by atomic mass is 9.95. The lowest BCUT2D eigenvalue weighted by Gasteiger charge is -2.25. The number of anilines is 1. The highest BCUT2D eigenvalue weighted by Gasteiger charge is 2.46. The Bertz CT molecular complexity index is 1540. The van der Waals surface area contributed by atoms with E-state index in [0.717, 1.165) is 18.4 Å². The van der Waals surface area contributed by atoms with Crippen LogP contribution in [0, 0.1) is 0 Å². The van der Waals surface area contributed by atoms with Gasteiger partial charge in [0.1, 0.15) is 0 Å². The highest BCUT2D eigenvalue weighted by molar-refractivity contribution is 8.00. The van der Waals surface area contributed by atoms with Crippen LogP contribution in [0.4, 0.5) is 5.13 Å². The van der Waals surface area contributed by atoms with Crippen LogP contribution in [0.15, 0.2) is 81.7 Å². The predicted molar refractivity (Wildman–Crippen MR) is 162 cm³/mol. The molecule has 1 N–H and O–H groups in total. The van der Waals surface area contributed by atoms with Crippen LogP contribution in [-0.4, -0.2) is 40.2 Å². The van der Waals surface area contributed by atoms with Crippen LogP contribution in [0.3, 0.4) is 0 Å². The van der Waals surface area contributed by atoms with Gasteiger partial charge in [-0.05, 0) is 48.1 Å². The van der Waals surface area contributed by atoms with E-state index < -0.39 is 23.5 Å². The van der Waals surface area contributed by atoms with Crippen LogP contribution in [0.1, 0.15) is 53.5 Å². The molecule has 0 fully saturated rings. The van der Waals surface area contributed by atoms with Crippen LogP contribution in [0.5, 0.6) is 11.5 Å². The number of amides is 1. The average Bonchev–Trinajstić information content (AvgIpc) is 3.74. The number of Topliss-reactive ketones (excluding diaryl/α,β-unsaturated/α-hetero) is 1. The van der Waals surface area contributed by atoms with Gasteiger partial charge >= 0.3 is 0 Å². The molecular formula is C30H29N3O5S3. The van der Waals surface area contributed by atoms with Crippen molar-refractivity contribution in [2.24, 2.45) is 0 Å². The molecule has 3 heterocycles. The minimum Gasteiger partial charge on any atom is -0.503 e. The zero-order valence-electron chi connectivity index (χ0n) is 22.6. The van der Waals surface area contributed by atoms with E-state index in [9.17, 15) is 14.7 Å². The van der Waals surface area contributed by atoms with Gasteiger partial charge < -0.3 is 14.6 Å². The minimum atomic E-state index is -0.930. The highest BCUT2D eigenvalue weighted by Crippen LogP contribution is 2.45. The van der Waals surface area contributed by atoms with Crippen LogP contribution >= 0.6 is 34.4 Å². The number of benzene rings is 2. The average molecular weight is 608 g/mol. The molecule has 2 aromatic heterocycles. The second-order valence-corrected chi connectivity index (χ2v) is 12.2. The molecule has 212 valence electrons. The number of thioether (sulfide) groups is 1. The summed E-state index contributed by atoms with van der Waals surface area (Å²) in [6, 6.07) is 17.8. The molecule has 1 atom stereocenters. The number of aromatic nitrogens is 2. The van der Waals surface area contributed by atoms with E-state index in [1.54, 1.807) is 35.7 Å². The summed E-state index contributed by atoms with van der Waals surface area (Å²) in [5, 5.41) is 21.8. The molecule has 0 spiro atoms. The summed E-state index contributed by atoms with van der Waals surface area (Å²) in [6.07, 6.45) is 1.89. The van der Waals surface area contributed by atoms with E-state index in [0.29, 0.717) is 45.2 Å². The van der Waals surface area contributed by atoms with E-state index in [1.807, 2.05) is 37.3 Å². The van der Waals surface area contributed by atoms with Gasteiger partial charge in [-0.25, -0.2) is 0 Å². The number of nitrogens with zero attached hydrogens (tertiary/aromatic N) is 3. The second-order valence-electron chi connectivity index (χ2n) is 9.11. The zero-order chi connectivity index (χ0) is 28.8. The van der Waals surface area contributed by atoms with Gasteiger partial charge in [0, 0.05) is 5.75 Å². The second kappa shape index (κ2) is 13.3. The molecule has 8 nitrogen and oxygen atoms in total. The Morgan fingerprint density at radius 1 is 1.05 bits per heavy atom. The van der Waals surface area contributed by atoms with Crippen molar-refractivity contribution in [3.63, 3.8) is 0 Å². The molecule has 0 saturated carbocycles. The van der Waals surface area contributed by atoms with E-state index in [2.05, 4.69) is 17.1 Å². The Balaban J connectivity index is 1.52. The molecule has 5 rings (SSSR count). The quantitative estimate of drug-likeness (QED) is 0.0734.